The Hall–Kier alpha value is -0.830. The molecule has 2 aromatic carbocycles. The number of hydrogen-bond donors (Lipinski definition) is 1. The predicted octanol–water partition coefficient (Wildman–Crippen LogP) is 4.96. The van der Waals surface area contributed by atoms with Crippen LogP contribution in [0.15, 0.2) is 40.9 Å². The first kappa shape index (κ1) is 14.6. The van der Waals surface area contributed by atoms with E-state index in [2.05, 4.69) is 48.0 Å². The summed E-state index contributed by atoms with van der Waals surface area (Å²) < 4.78 is 0.972. The van der Waals surface area contributed by atoms with E-state index in [1.54, 1.807) is 0 Å². The van der Waals surface area contributed by atoms with Gasteiger partial charge in [-0.3, -0.25) is 0 Å². The molecule has 1 nitrogen and oxygen atoms in total. The number of nitrogens with two attached hydrogens (primary N) is 1. The minimum Gasteiger partial charge on any atom is -0.324 e. The van der Waals surface area contributed by atoms with E-state index in [-0.39, 0.29) is 6.04 Å². The minimum atomic E-state index is -0.0817. The second-order valence-corrected chi connectivity index (χ2v) is 6.30. The van der Waals surface area contributed by atoms with Crippen molar-refractivity contribution in [2.75, 3.05) is 0 Å². The fourth-order valence-electron chi connectivity index (χ4n) is 2.35. The average molecular weight is 339 g/mol. The van der Waals surface area contributed by atoms with Gasteiger partial charge in [-0.1, -0.05) is 62.9 Å². The molecule has 2 aromatic rings. The van der Waals surface area contributed by atoms with Gasteiger partial charge in [0, 0.05) is 15.5 Å². The number of hydrogen-bond acceptors (Lipinski definition) is 1. The number of rotatable bonds is 3. The van der Waals surface area contributed by atoms with Crippen molar-refractivity contribution in [2.24, 2.45) is 5.73 Å². The predicted molar refractivity (Wildman–Crippen MR) is 85.7 cm³/mol. The summed E-state index contributed by atoms with van der Waals surface area (Å²) in [5.41, 5.74) is 11.1. The molecule has 0 aliphatic carbocycles. The average Bonchev–Trinajstić information content (AvgIpc) is 2.26. The molecule has 0 aliphatic heterocycles. The topological polar surface area (TPSA) is 26.0 Å². The Kier molecular flexibility index (Phi) is 4.67. The van der Waals surface area contributed by atoms with Crippen LogP contribution in [0.25, 0.3) is 0 Å². The van der Waals surface area contributed by atoms with Gasteiger partial charge in [-0.15, -0.1) is 0 Å². The fraction of sp³-hybridized carbons (Fsp3) is 0.250. The van der Waals surface area contributed by atoms with E-state index in [0.29, 0.717) is 5.02 Å². The molecule has 0 heterocycles. The van der Waals surface area contributed by atoms with Gasteiger partial charge in [0.2, 0.25) is 0 Å². The molecule has 0 amide bonds. The molecule has 0 spiro atoms. The standard InChI is InChI=1S/C16H17BrClN/c1-10-5-11(2)7-12(6-10)8-16(19)14-4-3-13(17)9-15(14)18/h3-7,9,16H,8,19H2,1-2H3. The molecular weight excluding hydrogens is 322 g/mol. The van der Waals surface area contributed by atoms with Crippen molar-refractivity contribution in [1.82, 2.24) is 0 Å². The Labute approximate surface area is 127 Å². The molecule has 100 valence electrons. The van der Waals surface area contributed by atoms with E-state index in [9.17, 15) is 0 Å². The first-order valence-electron chi connectivity index (χ1n) is 6.23. The van der Waals surface area contributed by atoms with Gasteiger partial charge in [-0.05, 0) is 43.5 Å². The summed E-state index contributed by atoms with van der Waals surface area (Å²) in [7, 11) is 0. The van der Waals surface area contributed by atoms with Gasteiger partial charge in [-0.2, -0.15) is 0 Å². The zero-order valence-corrected chi connectivity index (χ0v) is 13.4. The molecule has 0 saturated heterocycles. The SMILES string of the molecule is Cc1cc(C)cc(CC(N)c2ccc(Br)cc2Cl)c1. The molecule has 0 aliphatic rings. The first-order chi connectivity index (χ1) is 8.95. The fourth-order valence-corrected chi connectivity index (χ4v) is 3.17. The van der Waals surface area contributed by atoms with Crippen LogP contribution in [0, 0.1) is 13.8 Å². The molecule has 0 bridgehead atoms. The van der Waals surface area contributed by atoms with E-state index in [4.69, 9.17) is 17.3 Å². The molecule has 0 saturated carbocycles. The molecule has 2 N–H and O–H groups in total. The molecule has 0 radical (unpaired) electrons. The minimum absolute atomic E-state index is 0.0817. The summed E-state index contributed by atoms with van der Waals surface area (Å²) in [5.74, 6) is 0. The third-order valence-electron chi connectivity index (χ3n) is 3.10. The van der Waals surface area contributed by atoms with Crippen LogP contribution in [0.5, 0.6) is 0 Å². The largest absolute Gasteiger partial charge is 0.324 e. The van der Waals surface area contributed by atoms with Gasteiger partial charge >= 0.3 is 0 Å². The molecule has 0 aromatic heterocycles. The second-order valence-electron chi connectivity index (χ2n) is 4.97. The lowest BCUT2D eigenvalue weighted by Gasteiger charge is -2.15. The lowest BCUT2D eigenvalue weighted by molar-refractivity contribution is 0.721. The summed E-state index contributed by atoms with van der Waals surface area (Å²) in [4.78, 5) is 0. The van der Waals surface area contributed by atoms with Crippen LogP contribution < -0.4 is 5.73 Å². The van der Waals surface area contributed by atoms with Crippen LogP contribution in [0.4, 0.5) is 0 Å². The summed E-state index contributed by atoms with van der Waals surface area (Å²) in [6, 6.07) is 12.3. The van der Waals surface area contributed by atoms with Crippen LogP contribution in [0.2, 0.25) is 5.02 Å². The molecule has 0 fully saturated rings. The lowest BCUT2D eigenvalue weighted by atomic mass is 9.97. The summed E-state index contributed by atoms with van der Waals surface area (Å²) >= 11 is 9.65. The quantitative estimate of drug-likeness (QED) is 0.841. The van der Waals surface area contributed by atoms with E-state index < -0.39 is 0 Å². The maximum absolute atomic E-state index is 6.28. The number of aryl methyl sites for hydroxylation is 2. The summed E-state index contributed by atoms with van der Waals surface area (Å²) in [5, 5.41) is 0.714. The molecule has 19 heavy (non-hydrogen) atoms. The zero-order chi connectivity index (χ0) is 14.0. The molecule has 1 atom stereocenters. The third kappa shape index (κ3) is 3.82. The Morgan fingerprint density at radius 2 is 1.74 bits per heavy atom. The summed E-state index contributed by atoms with van der Waals surface area (Å²) in [6.07, 6.45) is 0.796. The Bertz CT molecular complexity index is 575. The molecule has 1 unspecified atom stereocenters. The highest BCUT2D eigenvalue weighted by Gasteiger charge is 2.11. The normalized spacial score (nSPS) is 12.5. The lowest BCUT2D eigenvalue weighted by Crippen LogP contribution is -2.14. The van der Waals surface area contributed by atoms with Crippen molar-refractivity contribution in [3.05, 3.63) is 68.1 Å². The first-order valence-corrected chi connectivity index (χ1v) is 7.40. The van der Waals surface area contributed by atoms with Crippen molar-refractivity contribution in [2.45, 2.75) is 26.3 Å². The Morgan fingerprint density at radius 1 is 1.11 bits per heavy atom. The van der Waals surface area contributed by atoms with Crippen LogP contribution in [-0.2, 0) is 6.42 Å². The van der Waals surface area contributed by atoms with Crippen LogP contribution >= 0.6 is 27.5 Å². The maximum Gasteiger partial charge on any atom is 0.0465 e. The van der Waals surface area contributed by atoms with Gasteiger partial charge in [0.25, 0.3) is 0 Å². The summed E-state index contributed by atoms with van der Waals surface area (Å²) in [6.45, 7) is 4.21. The van der Waals surface area contributed by atoms with Crippen LogP contribution in [-0.4, -0.2) is 0 Å². The number of benzene rings is 2. The van der Waals surface area contributed by atoms with Crippen molar-refractivity contribution in [3.8, 4) is 0 Å². The second kappa shape index (κ2) is 6.08. The van der Waals surface area contributed by atoms with E-state index in [0.717, 1.165) is 16.5 Å². The maximum atomic E-state index is 6.28. The smallest absolute Gasteiger partial charge is 0.0465 e. The van der Waals surface area contributed by atoms with Crippen molar-refractivity contribution >= 4 is 27.5 Å². The Morgan fingerprint density at radius 3 is 2.32 bits per heavy atom. The Balaban J connectivity index is 2.22. The highest BCUT2D eigenvalue weighted by molar-refractivity contribution is 9.10. The molecule has 2 rings (SSSR count). The van der Waals surface area contributed by atoms with Gasteiger partial charge in [0.15, 0.2) is 0 Å². The highest BCUT2D eigenvalue weighted by atomic mass is 79.9. The third-order valence-corrected chi connectivity index (χ3v) is 3.92. The van der Waals surface area contributed by atoms with Crippen molar-refractivity contribution in [1.29, 1.82) is 0 Å². The van der Waals surface area contributed by atoms with Crippen LogP contribution in [0.1, 0.15) is 28.3 Å². The highest BCUT2D eigenvalue weighted by Crippen LogP contribution is 2.27. The van der Waals surface area contributed by atoms with Crippen LogP contribution in [0.3, 0.4) is 0 Å². The van der Waals surface area contributed by atoms with E-state index in [1.807, 2.05) is 18.2 Å². The molecular formula is C16H17BrClN. The van der Waals surface area contributed by atoms with Gasteiger partial charge < -0.3 is 5.73 Å². The van der Waals surface area contributed by atoms with Gasteiger partial charge in [0.1, 0.15) is 0 Å². The van der Waals surface area contributed by atoms with Gasteiger partial charge in [-0.25, -0.2) is 0 Å². The van der Waals surface area contributed by atoms with E-state index in [1.165, 1.54) is 16.7 Å². The zero-order valence-electron chi connectivity index (χ0n) is 11.1. The van der Waals surface area contributed by atoms with E-state index >= 15 is 0 Å². The monoisotopic (exact) mass is 337 g/mol. The van der Waals surface area contributed by atoms with Gasteiger partial charge in [0.05, 0.1) is 0 Å². The van der Waals surface area contributed by atoms with Crippen molar-refractivity contribution in [3.63, 3.8) is 0 Å². The number of halogens is 2. The molecule has 3 heteroatoms. The van der Waals surface area contributed by atoms with Crippen molar-refractivity contribution < 1.29 is 0 Å².